The molecule has 5 rings (SSSR count). The number of nitrogens with zero attached hydrogens (tertiary/aromatic N) is 1. The molecule has 2 aromatic carbocycles. The molecule has 2 aliphatic rings. The molecule has 8 nitrogen and oxygen atoms in total. The number of ether oxygens (including phenoxy) is 3. The maximum atomic E-state index is 12.9. The van der Waals surface area contributed by atoms with E-state index < -0.39 is 0 Å². The van der Waals surface area contributed by atoms with Gasteiger partial charge in [0.2, 0.25) is 6.79 Å². The maximum absolute atomic E-state index is 12.9. The van der Waals surface area contributed by atoms with Crippen molar-refractivity contribution in [3.63, 3.8) is 0 Å². The third-order valence-corrected chi connectivity index (χ3v) is 6.75. The number of nitrogens with one attached hydrogen (secondary N) is 2. The van der Waals surface area contributed by atoms with Crippen molar-refractivity contribution in [1.29, 1.82) is 0 Å². The number of thiazole rings is 1. The lowest BCUT2D eigenvalue weighted by Gasteiger charge is -2.32. The van der Waals surface area contributed by atoms with Crippen molar-refractivity contribution in [2.45, 2.75) is 44.4 Å². The number of rotatable bonds is 7. The van der Waals surface area contributed by atoms with Gasteiger partial charge < -0.3 is 24.8 Å². The summed E-state index contributed by atoms with van der Waals surface area (Å²) >= 11 is 1.39. The van der Waals surface area contributed by atoms with Crippen molar-refractivity contribution in [3.8, 4) is 17.2 Å². The molecule has 1 fully saturated rings. The molecule has 34 heavy (non-hydrogen) atoms. The summed E-state index contributed by atoms with van der Waals surface area (Å²) in [5, 5.41) is 8.63. The Morgan fingerprint density at radius 1 is 0.971 bits per heavy atom. The van der Waals surface area contributed by atoms with Crippen LogP contribution in [0.1, 0.15) is 51.5 Å². The number of aromatic nitrogens is 1. The highest BCUT2D eigenvalue weighted by Gasteiger charge is 2.29. The lowest BCUT2D eigenvalue weighted by Crippen LogP contribution is -2.53. The monoisotopic (exact) mass is 479 g/mol. The Labute approximate surface area is 201 Å². The zero-order chi connectivity index (χ0) is 23.3. The van der Waals surface area contributed by atoms with Gasteiger partial charge in [0.15, 0.2) is 11.5 Å². The quantitative estimate of drug-likeness (QED) is 0.533. The first-order valence-corrected chi connectivity index (χ1v) is 12.2. The van der Waals surface area contributed by atoms with Crippen LogP contribution in [-0.2, 0) is 6.61 Å². The van der Waals surface area contributed by atoms with Gasteiger partial charge in [0.05, 0.1) is 0 Å². The Morgan fingerprint density at radius 3 is 2.50 bits per heavy atom. The smallest absolute Gasteiger partial charge is 0.271 e. The van der Waals surface area contributed by atoms with Gasteiger partial charge in [-0.25, -0.2) is 4.98 Å². The SMILES string of the molecule is O=C(N[C@@H]1CCCC[C@H]1NC(=O)c1csc(COc2ccccc2)n1)c1ccc2c(c1)OCO2. The van der Waals surface area contributed by atoms with Crippen LogP contribution in [0.4, 0.5) is 0 Å². The molecule has 2 heterocycles. The molecular weight excluding hydrogens is 454 g/mol. The van der Waals surface area contributed by atoms with Gasteiger partial charge in [0, 0.05) is 23.0 Å². The number of hydrogen-bond donors (Lipinski definition) is 2. The molecule has 2 amide bonds. The summed E-state index contributed by atoms with van der Waals surface area (Å²) in [6.07, 6.45) is 3.59. The Kier molecular flexibility index (Phi) is 6.62. The van der Waals surface area contributed by atoms with E-state index in [0.29, 0.717) is 29.4 Å². The van der Waals surface area contributed by atoms with Crippen LogP contribution in [0.2, 0.25) is 0 Å². The van der Waals surface area contributed by atoms with Crippen molar-refractivity contribution in [1.82, 2.24) is 15.6 Å². The van der Waals surface area contributed by atoms with Crippen molar-refractivity contribution in [2.24, 2.45) is 0 Å². The highest BCUT2D eigenvalue weighted by atomic mass is 32.1. The first-order valence-electron chi connectivity index (χ1n) is 11.3. The van der Waals surface area contributed by atoms with Crippen LogP contribution in [0.5, 0.6) is 17.2 Å². The predicted octanol–water partition coefficient (Wildman–Crippen LogP) is 3.92. The number of carbonyl (C=O) groups excluding carboxylic acids is 2. The highest BCUT2D eigenvalue weighted by Crippen LogP contribution is 2.32. The molecule has 1 saturated carbocycles. The molecule has 0 saturated heterocycles. The molecule has 1 aliphatic carbocycles. The Morgan fingerprint density at radius 2 is 1.71 bits per heavy atom. The number of fused-ring (bicyclic) bond motifs is 1. The molecule has 9 heteroatoms. The van der Waals surface area contributed by atoms with Gasteiger partial charge in [0.25, 0.3) is 11.8 Å². The average Bonchev–Trinajstić information content (AvgIpc) is 3.54. The van der Waals surface area contributed by atoms with E-state index in [0.717, 1.165) is 36.4 Å². The van der Waals surface area contributed by atoms with Crippen molar-refractivity contribution in [2.75, 3.05) is 6.79 Å². The molecule has 0 bridgehead atoms. The zero-order valence-electron chi connectivity index (χ0n) is 18.5. The fourth-order valence-corrected chi connectivity index (χ4v) is 4.84. The summed E-state index contributed by atoms with van der Waals surface area (Å²) in [7, 11) is 0. The number of para-hydroxylation sites is 1. The van der Waals surface area contributed by atoms with Crippen LogP contribution in [-0.4, -0.2) is 35.7 Å². The molecular formula is C25H25N3O5S. The summed E-state index contributed by atoms with van der Waals surface area (Å²) in [6.45, 7) is 0.466. The lowest BCUT2D eigenvalue weighted by atomic mass is 9.90. The van der Waals surface area contributed by atoms with E-state index in [9.17, 15) is 9.59 Å². The van der Waals surface area contributed by atoms with E-state index >= 15 is 0 Å². The van der Waals surface area contributed by atoms with Gasteiger partial charge in [-0.2, -0.15) is 0 Å². The van der Waals surface area contributed by atoms with Gasteiger partial charge >= 0.3 is 0 Å². The van der Waals surface area contributed by atoms with Crippen molar-refractivity contribution in [3.05, 3.63) is 70.2 Å². The van der Waals surface area contributed by atoms with Crippen molar-refractivity contribution < 1.29 is 23.8 Å². The minimum absolute atomic E-state index is 0.157. The number of hydrogen-bond acceptors (Lipinski definition) is 7. The number of carbonyl (C=O) groups is 2. The summed E-state index contributed by atoms with van der Waals surface area (Å²) in [5.41, 5.74) is 0.866. The molecule has 2 N–H and O–H groups in total. The Balaban J connectivity index is 1.18. The fraction of sp³-hybridized carbons (Fsp3) is 0.320. The molecule has 0 radical (unpaired) electrons. The summed E-state index contributed by atoms with van der Waals surface area (Å²) in [6, 6.07) is 14.3. The fourth-order valence-electron chi connectivity index (χ4n) is 4.15. The molecule has 0 unspecified atom stereocenters. The standard InChI is InChI=1S/C25H25N3O5S/c29-24(16-10-11-21-22(12-16)33-15-32-21)27-18-8-4-5-9-19(18)28-25(30)20-14-34-23(26-20)13-31-17-6-2-1-3-7-17/h1-3,6-7,10-12,14,18-19H,4-5,8-9,13,15H2,(H,27,29)(H,28,30)/t18-,19-/m1/s1. The van der Waals surface area contributed by atoms with Crippen LogP contribution in [0.3, 0.4) is 0 Å². The third kappa shape index (κ3) is 5.14. The molecule has 1 aliphatic heterocycles. The maximum Gasteiger partial charge on any atom is 0.271 e. The first kappa shape index (κ1) is 22.2. The highest BCUT2D eigenvalue weighted by molar-refractivity contribution is 7.09. The molecule has 1 aromatic heterocycles. The summed E-state index contributed by atoms with van der Waals surface area (Å²) in [5.74, 6) is 1.52. The molecule has 176 valence electrons. The minimum atomic E-state index is -0.239. The lowest BCUT2D eigenvalue weighted by molar-refractivity contribution is 0.0860. The van der Waals surface area contributed by atoms with Gasteiger partial charge in [-0.1, -0.05) is 31.0 Å². The van der Waals surface area contributed by atoms with Crippen LogP contribution >= 0.6 is 11.3 Å². The van der Waals surface area contributed by atoms with Crippen LogP contribution in [0.25, 0.3) is 0 Å². The van der Waals surface area contributed by atoms with E-state index in [4.69, 9.17) is 14.2 Å². The van der Waals surface area contributed by atoms with Crippen LogP contribution in [0.15, 0.2) is 53.9 Å². The first-order chi connectivity index (χ1) is 16.7. The third-order valence-electron chi connectivity index (χ3n) is 5.92. The second-order valence-corrected chi connectivity index (χ2v) is 9.18. The van der Waals surface area contributed by atoms with Crippen LogP contribution in [0, 0.1) is 0 Å². The van der Waals surface area contributed by atoms with E-state index in [1.54, 1.807) is 23.6 Å². The van der Waals surface area contributed by atoms with Gasteiger partial charge in [-0.05, 0) is 43.2 Å². The molecule has 2 atom stereocenters. The average molecular weight is 480 g/mol. The second kappa shape index (κ2) is 10.1. The Bertz CT molecular complexity index is 1170. The largest absolute Gasteiger partial charge is 0.486 e. The molecule has 3 aromatic rings. The van der Waals surface area contributed by atoms with E-state index in [1.807, 2.05) is 30.3 Å². The topological polar surface area (TPSA) is 98.8 Å². The molecule has 0 spiro atoms. The van der Waals surface area contributed by atoms with E-state index in [-0.39, 0.29) is 30.7 Å². The minimum Gasteiger partial charge on any atom is -0.486 e. The second-order valence-electron chi connectivity index (χ2n) is 8.24. The normalized spacial score (nSPS) is 18.8. The Hall–Kier alpha value is -3.59. The van der Waals surface area contributed by atoms with Gasteiger partial charge in [0.1, 0.15) is 23.1 Å². The summed E-state index contributed by atoms with van der Waals surface area (Å²) in [4.78, 5) is 30.2. The van der Waals surface area contributed by atoms with Crippen molar-refractivity contribution >= 4 is 23.2 Å². The van der Waals surface area contributed by atoms with E-state index in [2.05, 4.69) is 15.6 Å². The summed E-state index contributed by atoms with van der Waals surface area (Å²) < 4.78 is 16.4. The van der Waals surface area contributed by atoms with Gasteiger partial charge in [-0.3, -0.25) is 9.59 Å². The van der Waals surface area contributed by atoms with E-state index in [1.165, 1.54) is 11.3 Å². The van der Waals surface area contributed by atoms with Gasteiger partial charge in [-0.15, -0.1) is 11.3 Å². The predicted molar refractivity (Wildman–Crippen MR) is 126 cm³/mol. The number of amides is 2. The zero-order valence-corrected chi connectivity index (χ0v) is 19.3. The van der Waals surface area contributed by atoms with Crippen LogP contribution < -0.4 is 24.8 Å². The number of benzene rings is 2.